The molecule has 0 aliphatic rings. The minimum absolute atomic E-state index is 0.243. The van der Waals surface area contributed by atoms with Crippen LogP contribution in [0.2, 0.25) is 0 Å². The molecule has 0 aliphatic carbocycles. The number of hydrogen-bond donors (Lipinski definition) is 1. The van der Waals surface area contributed by atoms with Crippen LogP contribution in [0.3, 0.4) is 0 Å². The van der Waals surface area contributed by atoms with Gasteiger partial charge in [-0.15, -0.1) is 0 Å². The fourth-order valence-electron chi connectivity index (χ4n) is 2.23. The van der Waals surface area contributed by atoms with Gasteiger partial charge in [0.1, 0.15) is 5.56 Å². The molecule has 0 radical (unpaired) electrons. The molecular weight excluding hydrogens is 244 g/mol. The van der Waals surface area contributed by atoms with Crippen molar-refractivity contribution in [2.24, 2.45) is 0 Å². The standard InChI is InChI=1S/C15H22O4/c1-5-10-9-12(18-7-3)14(19-8-4)13(15(16)17)11(10)6-2/h9H,5-8H2,1-4H3,(H,16,17). The summed E-state index contributed by atoms with van der Waals surface area (Å²) < 4.78 is 11.1. The summed E-state index contributed by atoms with van der Waals surface area (Å²) in [5.74, 6) is -0.0850. The number of benzene rings is 1. The van der Waals surface area contributed by atoms with Crippen LogP contribution in [0.4, 0.5) is 0 Å². The van der Waals surface area contributed by atoms with Gasteiger partial charge in [-0.25, -0.2) is 4.79 Å². The zero-order valence-corrected chi connectivity index (χ0v) is 12.1. The summed E-state index contributed by atoms with van der Waals surface area (Å²) >= 11 is 0. The van der Waals surface area contributed by atoms with Crippen molar-refractivity contribution in [2.75, 3.05) is 13.2 Å². The Kier molecular flexibility index (Phi) is 5.67. The molecule has 4 nitrogen and oxygen atoms in total. The maximum atomic E-state index is 11.6. The number of ether oxygens (including phenoxy) is 2. The summed E-state index contributed by atoms with van der Waals surface area (Å²) in [5, 5.41) is 9.48. The number of aromatic carboxylic acids is 1. The van der Waals surface area contributed by atoms with Crippen LogP contribution in [0.25, 0.3) is 0 Å². The molecule has 0 heterocycles. The largest absolute Gasteiger partial charge is 0.490 e. The van der Waals surface area contributed by atoms with E-state index in [9.17, 15) is 9.90 Å². The van der Waals surface area contributed by atoms with E-state index in [-0.39, 0.29) is 5.56 Å². The minimum Gasteiger partial charge on any atom is -0.490 e. The molecule has 106 valence electrons. The fourth-order valence-corrected chi connectivity index (χ4v) is 2.23. The molecule has 0 saturated carbocycles. The molecule has 0 bridgehead atoms. The van der Waals surface area contributed by atoms with Crippen LogP contribution < -0.4 is 9.47 Å². The first-order chi connectivity index (χ1) is 9.10. The highest BCUT2D eigenvalue weighted by atomic mass is 16.5. The smallest absolute Gasteiger partial charge is 0.339 e. The normalized spacial score (nSPS) is 10.3. The molecule has 4 heteroatoms. The van der Waals surface area contributed by atoms with E-state index in [2.05, 4.69) is 0 Å². The van der Waals surface area contributed by atoms with Gasteiger partial charge in [0.2, 0.25) is 0 Å². The third-order valence-corrected chi connectivity index (χ3v) is 2.98. The quantitative estimate of drug-likeness (QED) is 0.822. The van der Waals surface area contributed by atoms with E-state index in [0.717, 1.165) is 17.5 Å². The van der Waals surface area contributed by atoms with Crippen LogP contribution in [-0.2, 0) is 12.8 Å². The minimum atomic E-state index is -0.962. The summed E-state index contributed by atoms with van der Waals surface area (Å²) in [6.45, 7) is 8.56. The second-order valence-electron chi connectivity index (χ2n) is 4.09. The Morgan fingerprint density at radius 1 is 1.11 bits per heavy atom. The van der Waals surface area contributed by atoms with Crippen molar-refractivity contribution in [1.29, 1.82) is 0 Å². The first kappa shape index (κ1) is 15.3. The average Bonchev–Trinajstić information content (AvgIpc) is 2.39. The van der Waals surface area contributed by atoms with Gasteiger partial charge in [0.05, 0.1) is 13.2 Å². The van der Waals surface area contributed by atoms with Crippen LogP contribution >= 0.6 is 0 Å². The lowest BCUT2D eigenvalue weighted by Gasteiger charge is -2.19. The van der Waals surface area contributed by atoms with Crippen molar-refractivity contribution >= 4 is 5.97 Å². The van der Waals surface area contributed by atoms with Gasteiger partial charge in [0, 0.05) is 0 Å². The van der Waals surface area contributed by atoms with Gasteiger partial charge in [0.25, 0.3) is 0 Å². The lowest BCUT2D eigenvalue weighted by atomic mass is 9.95. The van der Waals surface area contributed by atoms with E-state index >= 15 is 0 Å². The Morgan fingerprint density at radius 2 is 1.74 bits per heavy atom. The Hall–Kier alpha value is -1.71. The van der Waals surface area contributed by atoms with Crippen LogP contribution in [-0.4, -0.2) is 24.3 Å². The monoisotopic (exact) mass is 266 g/mol. The number of carbonyl (C=O) groups is 1. The van der Waals surface area contributed by atoms with Gasteiger partial charge in [-0.05, 0) is 43.9 Å². The van der Waals surface area contributed by atoms with Crippen molar-refractivity contribution in [2.45, 2.75) is 40.5 Å². The molecule has 0 aliphatic heterocycles. The van der Waals surface area contributed by atoms with Crippen LogP contribution in [0.5, 0.6) is 11.5 Å². The molecule has 1 N–H and O–H groups in total. The Balaban J connectivity index is 3.57. The molecule has 19 heavy (non-hydrogen) atoms. The number of carboxylic acid groups (broad SMARTS) is 1. The predicted molar refractivity (Wildman–Crippen MR) is 74.5 cm³/mol. The van der Waals surface area contributed by atoms with E-state index in [4.69, 9.17) is 9.47 Å². The first-order valence-corrected chi connectivity index (χ1v) is 6.78. The highest BCUT2D eigenvalue weighted by Crippen LogP contribution is 2.37. The highest BCUT2D eigenvalue weighted by Gasteiger charge is 2.23. The van der Waals surface area contributed by atoms with Gasteiger partial charge in [-0.3, -0.25) is 0 Å². The van der Waals surface area contributed by atoms with Crippen LogP contribution in [0.15, 0.2) is 6.07 Å². The van der Waals surface area contributed by atoms with Gasteiger partial charge >= 0.3 is 5.97 Å². The Labute approximate surface area is 114 Å². The van der Waals surface area contributed by atoms with Gasteiger partial charge < -0.3 is 14.6 Å². The average molecular weight is 266 g/mol. The van der Waals surface area contributed by atoms with E-state index in [1.807, 2.05) is 33.8 Å². The van der Waals surface area contributed by atoms with Gasteiger partial charge in [0.15, 0.2) is 11.5 Å². The zero-order valence-electron chi connectivity index (χ0n) is 12.1. The molecule has 1 rings (SSSR count). The summed E-state index contributed by atoms with van der Waals surface area (Å²) in [5.41, 5.74) is 2.08. The summed E-state index contributed by atoms with van der Waals surface area (Å²) in [4.78, 5) is 11.6. The predicted octanol–water partition coefficient (Wildman–Crippen LogP) is 3.31. The highest BCUT2D eigenvalue weighted by molar-refractivity contribution is 5.94. The Bertz CT molecular complexity index is 452. The van der Waals surface area contributed by atoms with Gasteiger partial charge in [-0.2, -0.15) is 0 Å². The number of aryl methyl sites for hydroxylation is 1. The van der Waals surface area contributed by atoms with Crippen molar-refractivity contribution in [1.82, 2.24) is 0 Å². The number of carboxylic acids is 1. The topological polar surface area (TPSA) is 55.8 Å². The lowest BCUT2D eigenvalue weighted by molar-refractivity contribution is 0.0690. The molecular formula is C15H22O4. The molecule has 1 aromatic carbocycles. The van der Waals surface area contributed by atoms with Crippen molar-refractivity contribution in [3.8, 4) is 11.5 Å². The second kappa shape index (κ2) is 7.02. The Morgan fingerprint density at radius 3 is 2.16 bits per heavy atom. The molecule has 0 atom stereocenters. The number of hydrogen-bond acceptors (Lipinski definition) is 3. The molecule has 0 aromatic heterocycles. The third-order valence-electron chi connectivity index (χ3n) is 2.98. The summed E-state index contributed by atoms with van der Waals surface area (Å²) in [7, 11) is 0. The van der Waals surface area contributed by atoms with E-state index in [0.29, 0.717) is 31.1 Å². The maximum absolute atomic E-state index is 11.6. The molecule has 0 saturated heterocycles. The molecule has 0 amide bonds. The van der Waals surface area contributed by atoms with Crippen molar-refractivity contribution in [3.63, 3.8) is 0 Å². The first-order valence-electron chi connectivity index (χ1n) is 6.78. The van der Waals surface area contributed by atoms with E-state index in [1.54, 1.807) is 0 Å². The van der Waals surface area contributed by atoms with E-state index < -0.39 is 5.97 Å². The third kappa shape index (κ3) is 3.19. The molecule has 1 aromatic rings. The zero-order chi connectivity index (χ0) is 14.4. The molecule has 0 fully saturated rings. The van der Waals surface area contributed by atoms with Crippen LogP contribution in [0.1, 0.15) is 49.2 Å². The number of rotatable bonds is 7. The summed E-state index contributed by atoms with van der Waals surface area (Å²) in [6.07, 6.45) is 1.44. The van der Waals surface area contributed by atoms with Gasteiger partial charge in [-0.1, -0.05) is 13.8 Å². The SMILES string of the molecule is CCOc1cc(CC)c(CC)c(C(=O)O)c1OCC. The summed E-state index contributed by atoms with van der Waals surface area (Å²) in [6, 6.07) is 1.90. The van der Waals surface area contributed by atoms with Crippen molar-refractivity contribution < 1.29 is 19.4 Å². The fraction of sp³-hybridized carbons (Fsp3) is 0.533. The van der Waals surface area contributed by atoms with E-state index in [1.165, 1.54) is 0 Å². The second-order valence-corrected chi connectivity index (χ2v) is 4.09. The molecule has 0 unspecified atom stereocenters. The molecule has 0 spiro atoms. The maximum Gasteiger partial charge on any atom is 0.339 e. The van der Waals surface area contributed by atoms with Crippen LogP contribution in [0, 0.1) is 0 Å². The lowest BCUT2D eigenvalue weighted by Crippen LogP contribution is -2.11. The van der Waals surface area contributed by atoms with Crippen molar-refractivity contribution in [3.05, 3.63) is 22.8 Å².